The van der Waals surface area contributed by atoms with Crippen LogP contribution in [-0.2, 0) is 14.3 Å². The van der Waals surface area contributed by atoms with Crippen molar-refractivity contribution in [1.82, 2.24) is 4.57 Å². The molecule has 152 valence electrons. The van der Waals surface area contributed by atoms with E-state index in [0.29, 0.717) is 5.56 Å². The number of hydrogen-bond donors (Lipinski definition) is 1. The summed E-state index contributed by atoms with van der Waals surface area (Å²) in [5.41, 5.74) is 0.658. The maximum Gasteiger partial charge on any atom is 0.327 e. The van der Waals surface area contributed by atoms with Gasteiger partial charge in [0.25, 0.3) is 0 Å². The van der Waals surface area contributed by atoms with Crippen LogP contribution in [0.5, 0.6) is 0 Å². The fourth-order valence-corrected chi connectivity index (χ4v) is 2.85. The highest BCUT2D eigenvalue weighted by atomic mass is 79.9. The summed E-state index contributed by atoms with van der Waals surface area (Å²) >= 11 is 2.99. The fourth-order valence-electron chi connectivity index (χ4n) is 2.73. The molecule has 1 unspecified atom stereocenters. The van der Waals surface area contributed by atoms with Gasteiger partial charge in [-0.25, -0.2) is 4.79 Å². The Labute approximate surface area is 174 Å². The van der Waals surface area contributed by atoms with Crippen molar-refractivity contribution in [2.24, 2.45) is 5.41 Å². The van der Waals surface area contributed by atoms with E-state index in [0.717, 1.165) is 10.9 Å². The molecular formula is C21H27BrN2O4. The van der Waals surface area contributed by atoms with Crippen molar-refractivity contribution in [2.75, 3.05) is 5.33 Å². The molecule has 0 radical (unpaired) electrons. The Hall–Kier alpha value is -2.33. The lowest BCUT2D eigenvalue weighted by atomic mass is 9.86. The van der Waals surface area contributed by atoms with E-state index in [9.17, 15) is 14.7 Å². The average Bonchev–Trinajstić information content (AvgIpc) is 2.94. The number of fused-ring (bicyclic) bond motifs is 1. The molecule has 0 spiro atoms. The zero-order valence-electron chi connectivity index (χ0n) is 17.1. The van der Waals surface area contributed by atoms with Gasteiger partial charge in [0.1, 0.15) is 17.0 Å². The second-order valence-corrected chi connectivity index (χ2v) is 9.00. The number of aromatic nitrogens is 1. The standard InChI is InChI=1S/C15H16N2O2.C6H11BrO2/c1-15(2,3)13(14(18)19)17-7-6-11-8-10(9-16)4-5-12(11)17;1-6(2,3)9-5(8)4-7/h4-8,13H,1-3H3,(H,18,19);4H2,1-3H3. The zero-order chi connectivity index (χ0) is 21.7. The zero-order valence-corrected chi connectivity index (χ0v) is 18.7. The topological polar surface area (TPSA) is 92.3 Å². The quantitative estimate of drug-likeness (QED) is 0.529. The van der Waals surface area contributed by atoms with Crippen molar-refractivity contribution >= 4 is 38.8 Å². The molecular weight excluding hydrogens is 424 g/mol. The summed E-state index contributed by atoms with van der Waals surface area (Å²) in [6, 6.07) is 8.57. The van der Waals surface area contributed by atoms with Gasteiger partial charge < -0.3 is 14.4 Å². The van der Waals surface area contributed by atoms with Gasteiger partial charge in [-0.1, -0.05) is 36.7 Å². The second kappa shape index (κ2) is 9.24. The van der Waals surface area contributed by atoms with Crippen molar-refractivity contribution in [2.45, 2.75) is 53.2 Å². The van der Waals surface area contributed by atoms with Gasteiger partial charge in [0, 0.05) is 17.1 Å². The summed E-state index contributed by atoms with van der Waals surface area (Å²) in [6.07, 6.45) is 1.77. The first-order valence-corrected chi connectivity index (χ1v) is 9.93. The first-order valence-electron chi connectivity index (χ1n) is 8.81. The molecule has 0 aliphatic rings. The molecule has 7 heteroatoms. The van der Waals surface area contributed by atoms with Gasteiger partial charge in [0.15, 0.2) is 0 Å². The van der Waals surface area contributed by atoms with Crippen molar-refractivity contribution in [3.05, 3.63) is 36.0 Å². The molecule has 0 saturated carbocycles. The Bertz CT molecular complexity index is 882. The summed E-state index contributed by atoms with van der Waals surface area (Å²) < 4.78 is 6.66. The van der Waals surface area contributed by atoms with Crippen molar-refractivity contribution in [3.63, 3.8) is 0 Å². The highest BCUT2D eigenvalue weighted by Gasteiger charge is 2.33. The van der Waals surface area contributed by atoms with Crippen LogP contribution in [0.2, 0.25) is 0 Å². The van der Waals surface area contributed by atoms with Gasteiger partial charge in [-0.15, -0.1) is 0 Å². The number of carbonyl (C=O) groups is 2. The second-order valence-electron chi connectivity index (χ2n) is 8.44. The Morgan fingerprint density at radius 2 is 1.82 bits per heavy atom. The van der Waals surface area contributed by atoms with Gasteiger partial charge in [-0.3, -0.25) is 4.79 Å². The molecule has 2 aromatic rings. The molecule has 1 heterocycles. The van der Waals surface area contributed by atoms with Gasteiger partial charge in [0.2, 0.25) is 0 Å². The van der Waals surface area contributed by atoms with Gasteiger partial charge in [-0.2, -0.15) is 5.26 Å². The number of hydrogen-bond acceptors (Lipinski definition) is 4. The molecule has 2 rings (SSSR count). The summed E-state index contributed by atoms with van der Waals surface area (Å²) in [5.74, 6) is -1.07. The Morgan fingerprint density at radius 1 is 1.21 bits per heavy atom. The first-order chi connectivity index (χ1) is 12.8. The van der Waals surface area contributed by atoms with E-state index in [4.69, 9.17) is 10.00 Å². The molecule has 0 aliphatic carbocycles. The van der Waals surface area contributed by atoms with Crippen LogP contribution in [0, 0.1) is 16.7 Å². The number of halogens is 1. The fraction of sp³-hybridized carbons (Fsp3) is 0.476. The molecule has 0 fully saturated rings. The van der Waals surface area contributed by atoms with Gasteiger partial charge >= 0.3 is 11.9 Å². The smallest absolute Gasteiger partial charge is 0.327 e. The molecule has 1 N–H and O–H groups in total. The van der Waals surface area contributed by atoms with E-state index in [2.05, 4.69) is 22.0 Å². The predicted octanol–water partition coefficient (Wildman–Crippen LogP) is 4.91. The van der Waals surface area contributed by atoms with Crippen molar-refractivity contribution in [1.29, 1.82) is 5.26 Å². The Kier molecular flexibility index (Phi) is 7.83. The van der Waals surface area contributed by atoms with E-state index in [1.54, 1.807) is 29.0 Å². The maximum atomic E-state index is 11.5. The number of nitriles is 1. The minimum Gasteiger partial charge on any atom is -0.480 e. The number of carboxylic acid groups (broad SMARTS) is 1. The van der Waals surface area contributed by atoms with Crippen LogP contribution < -0.4 is 0 Å². The lowest BCUT2D eigenvalue weighted by Gasteiger charge is -2.29. The van der Waals surface area contributed by atoms with E-state index in [-0.39, 0.29) is 16.9 Å². The number of aliphatic carboxylic acids is 1. The lowest BCUT2D eigenvalue weighted by molar-refractivity contribution is -0.151. The molecule has 28 heavy (non-hydrogen) atoms. The van der Waals surface area contributed by atoms with Crippen LogP contribution >= 0.6 is 15.9 Å². The van der Waals surface area contributed by atoms with Crippen LogP contribution in [0.25, 0.3) is 10.9 Å². The minimum atomic E-state index is -0.852. The SMILES string of the molecule is CC(C)(C)C(C(=O)O)n1ccc2cc(C#N)ccc21.CC(C)(C)OC(=O)CBr. The lowest BCUT2D eigenvalue weighted by Crippen LogP contribution is -2.31. The van der Waals surface area contributed by atoms with Crippen molar-refractivity contribution in [3.8, 4) is 6.07 Å². The molecule has 1 atom stereocenters. The number of nitrogens with zero attached hydrogens (tertiary/aromatic N) is 2. The van der Waals surface area contributed by atoms with Crippen LogP contribution in [0.15, 0.2) is 30.5 Å². The molecule has 0 saturated heterocycles. The maximum absolute atomic E-state index is 11.5. The summed E-state index contributed by atoms with van der Waals surface area (Å²) in [5, 5.41) is 19.5. The third kappa shape index (κ3) is 6.68. The molecule has 0 aliphatic heterocycles. The molecule has 6 nitrogen and oxygen atoms in total. The van der Waals surface area contributed by atoms with Gasteiger partial charge in [0.05, 0.1) is 11.6 Å². The molecule has 0 bridgehead atoms. The van der Waals surface area contributed by atoms with Gasteiger partial charge in [-0.05, 0) is 50.5 Å². The van der Waals surface area contributed by atoms with E-state index >= 15 is 0 Å². The number of ether oxygens (including phenoxy) is 1. The van der Waals surface area contributed by atoms with Crippen LogP contribution in [0.1, 0.15) is 53.1 Å². The Balaban J connectivity index is 0.000000370. The summed E-state index contributed by atoms with van der Waals surface area (Å²) in [6.45, 7) is 11.2. The number of carboxylic acids is 1. The highest BCUT2D eigenvalue weighted by Crippen LogP contribution is 2.34. The van der Waals surface area contributed by atoms with Crippen LogP contribution in [0.4, 0.5) is 0 Å². The third-order valence-electron chi connectivity index (χ3n) is 3.71. The van der Waals surface area contributed by atoms with E-state index < -0.39 is 17.4 Å². The number of benzene rings is 1. The molecule has 0 amide bonds. The highest BCUT2D eigenvalue weighted by molar-refractivity contribution is 9.09. The Morgan fingerprint density at radius 3 is 2.21 bits per heavy atom. The van der Waals surface area contributed by atoms with Crippen LogP contribution in [-0.4, -0.2) is 32.5 Å². The number of alkyl halides is 1. The number of carbonyl (C=O) groups excluding carboxylic acids is 1. The van der Waals surface area contributed by atoms with E-state index in [1.165, 1.54) is 0 Å². The van der Waals surface area contributed by atoms with Crippen molar-refractivity contribution < 1.29 is 19.4 Å². The van der Waals surface area contributed by atoms with Crippen LogP contribution in [0.3, 0.4) is 0 Å². The normalized spacial score (nSPS) is 12.5. The number of esters is 1. The largest absolute Gasteiger partial charge is 0.480 e. The summed E-state index contributed by atoms with van der Waals surface area (Å²) in [7, 11) is 0. The third-order valence-corrected chi connectivity index (χ3v) is 4.17. The van der Waals surface area contributed by atoms with E-state index in [1.807, 2.05) is 47.6 Å². The summed E-state index contributed by atoms with van der Waals surface area (Å²) in [4.78, 5) is 22.1. The first kappa shape index (κ1) is 23.7. The molecule has 1 aromatic carbocycles. The average molecular weight is 451 g/mol. The minimum absolute atomic E-state index is 0.220. The monoisotopic (exact) mass is 450 g/mol. The number of rotatable bonds is 3. The molecule has 1 aromatic heterocycles. The predicted molar refractivity (Wildman–Crippen MR) is 112 cm³/mol.